The van der Waals surface area contributed by atoms with E-state index in [1.54, 1.807) is 12.1 Å². The first-order chi connectivity index (χ1) is 13.9. The van der Waals surface area contributed by atoms with Crippen LogP contribution in [-0.2, 0) is 16.0 Å². The molecule has 3 unspecified atom stereocenters. The number of phenolic OH excluding ortho intramolecular Hbond substituents is 1. The number of hydrogen-bond acceptors (Lipinski definition) is 4. The molecule has 0 aromatic heterocycles. The maximum atomic E-state index is 13.0. The highest BCUT2D eigenvalue weighted by Crippen LogP contribution is 2.37. The van der Waals surface area contributed by atoms with E-state index in [4.69, 9.17) is 16.3 Å². The van der Waals surface area contributed by atoms with Crippen molar-refractivity contribution in [3.63, 3.8) is 0 Å². The minimum Gasteiger partial charge on any atom is -0.508 e. The average molecular weight is 414 g/mol. The molecule has 154 valence electrons. The van der Waals surface area contributed by atoms with E-state index < -0.39 is 5.92 Å². The van der Waals surface area contributed by atoms with Crippen LogP contribution in [0.2, 0.25) is 5.02 Å². The summed E-state index contributed by atoms with van der Waals surface area (Å²) in [5.41, 5.74) is 2.45. The lowest BCUT2D eigenvalue weighted by Gasteiger charge is -2.36. The van der Waals surface area contributed by atoms with Crippen LogP contribution in [0.4, 0.5) is 0 Å². The van der Waals surface area contributed by atoms with Gasteiger partial charge in [-0.05, 0) is 62.9 Å². The van der Waals surface area contributed by atoms with E-state index in [-0.39, 0.29) is 17.8 Å². The zero-order chi connectivity index (χ0) is 20.5. The predicted molar refractivity (Wildman–Crippen MR) is 114 cm³/mol. The Hall–Kier alpha value is -2.04. The predicted octanol–water partition coefficient (Wildman–Crippen LogP) is 4.91. The summed E-state index contributed by atoms with van der Waals surface area (Å²) in [6, 6.07) is 14.0. The van der Waals surface area contributed by atoms with E-state index >= 15 is 0 Å². The summed E-state index contributed by atoms with van der Waals surface area (Å²) in [4.78, 5) is 15.4. The monoisotopic (exact) mass is 413 g/mol. The molecule has 0 aliphatic carbocycles. The Kier molecular flexibility index (Phi) is 5.84. The quantitative estimate of drug-likeness (QED) is 0.707. The number of esters is 1. The van der Waals surface area contributed by atoms with Crippen molar-refractivity contribution in [1.29, 1.82) is 0 Å². The number of hydrogen-bond donors (Lipinski definition) is 1. The summed E-state index contributed by atoms with van der Waals surface area (Å²) in [6.45, 7) is 1.86. The first-order valence-corrected chi connectivity index (χ1v) is 10.8. The highest BCUT2D eigenvalue weighted by molar-refractivity contribution is 6.31. The lowest BCUT2D eigenvalue weighted by Crippen LogP contribution is -2.43. The number of halogens is 1. The fraction of sp³-hybridized carbons (Fsp3) is 0.458. The maximum absolute atomic E-state index is 13.0. The van der Waals surface area contributed by atoms with Crippen molar-refractivity contribution in [2.24, 2.45) is 0 Å². The van der Waals surface area contributed by atoms with Gasteiger partial charge in [-0.2, -0.15) is 0 Å². The van der Waals surface area contributed by atoms with Crippen LogP contribution in [-0.4, -0.2) is 41.2 Å². The molecule has 29 heavy (non-hydrogen) atoms. The van der Waals surface area contributed by atoms with E-state index in [2.05, 4.69) is 11.9 Å². The van der Waals surface area contributed by atoms with Gasteiger partial charge in [0, 0.05) is 29.1 Å². The van der Waals surface area contributed by atoms with Crippen LogP contribution in [0.5, 0.6) is 5.75 Å². The molecule has 2 saturated heterocycles. The molecule has 0 radical (unpaired) electrons. The van der Waals surface area contributed by atoms with Crippen LogP contribution >= 0.6 is 11.6 Å². The van der Waals surface area contributed by atoms with Gasteiger partial charge in [0.25, 0.3) is 0 Å². The van der Waals surface area contributed by atoms with Crippen LogP contribution in [0.15, 0.2) is 42.5 Å². The summed E-state index contributed by atoms with van der Waals surface area (Å²) in [7, 11) is 2.18. The molecule has 5 heteroatoms. The number of nitrogens with zero attached hydrogens (tertiary/aromatic N) is 1. The normalized spacial score (nSPS) is 25.0. The number of phenols is 1. The number of fused-ring (bicyclic) bond motifs is 2. The van der Waals surface area contributed by atoms with Crippen molar-refractivity contribution in [3.8, 4) is 5.75 Å². The summed E-state index contributed by atoms with van der Waals surface area (Å²) < 4.78 is 5.93. The van der Waals surface area contributed by atoms with Crippen molar-refractivity contribution in [2.75, 3.05) is 7.05 Å². The molecule has 0 amide bonds. The van der Waals surface area contributed by atoms with Crippen LogP contribution in [0.3, 0.4) is 0 Å². The van der Waals surface area contributed by atoms with E-state index in [9.17, 15) is 9.90 Å². The second kappa shape index (κ2) is 8.37. The maximum Gasteiger partial charge on any atom is 0.313 e. The molecule has 2 heterocycles. The minimum absolute atomic E-state index is 0.0111. The van der Waals surface area contributed by atoms with Crippen molar-refractivity contribution in [3.05, 3.63) is 64.2 Å². The van der Waals surface area contributed by atoms with Gasteiger partial charge in [-0.15, -0.1) is 0 Å². The Labute approximate surface area is 177 Å². The third kappa shape index (κ3) is 4.15. The van der Waals surface area contributed by atoms with Gasteiger partial charge in [0.2, 0.25) is 0 Å². The Balaban J connectivity index is 1.51. The number of rotatable bonds is 5. The fourth-order valence-corrected chi connectivity index (χ4v) is 5.08. The number of piperidine rings is 1. The van der Waals surface area contributed by atoms with Gasteiger partial charge in [0.05, 0.1) is 5.92 Å². The first kappa shape index (κ1) is 20.2. The standard InChI is InChI=1S/C24H28ClNO3/c1-15(24(28)29-19-13-17-10-11-18(14-19)26(17)2)20-7-5-9-23(27)21(20)12-16-6-3-4-8-22(16)25/h3-9,15,17-19,27H,10-14H2,1-2H3. The Morgan fingerprint density at radius 2 is 1.86 bits per heavy atom. The van der Waals surface area contributed by atoms with Crippen LogP contribution in [0.25, 0.3) is 0 Å². The first-order valence-electron chi connectivity index (χ1n) is 10.4. The molecule has 4 rings (SSSR count). The van der Waals surface area contributed by atoms with Crippen molar-refractivity contribution in [2.45, 2.75) is 63.1 Å². The molecule has 2 fully saturated rings. The van der Waals surface area contributed by atoms with Crippen molar-refractivity contribution in [1.82, 2.24) is 4.90 Å². The molecule has 2 bridgehead atoms. The fourth-order valence-electron chi connectivity index (χ4n) is 4.87. The highest BCUT2D eigenvalue weighted by Gasteiger charge is 2.40. The Bertz CT molecular complexity index is 885. The average Bonchev–Trinajstić information content (AvgIpc) is 2.91. The molecule has 0 spiro atoms. The van der Waals surface area contributed by atoms with Crippen LogP contribution < -0.4 is 0 Å². The van der Waals surface area contributed by atoms with E-state index in [0.29, 0.717) is 23.5 Å². The molecule has 2 aliphatic heterocycles. The largest absolute Gasteiger partial charge is 0.508 e. The molecule has 4 nitrogen and oxygen atoms in total. The number of ether oxygens (including phenoxy) is 1. The Morgan fingerprint density at radius 1 is 1.17 bits per heavy atom. The molecular formula is C24H28ClNO3. The van der Waals surface area contributed by atoms with Gasteiger partial charge in [0.15, 0.2) is 0 Å². The van der Waals surface area contributed by atoms with Gasteiger partial charge in [-0.3, -0.25) is 4.79 Å². The Morgan fingerprint density at radius 3 is 2.55 bits per heavy atom. The van der Waals surface area contributed by atoms with Gasteiger partial charge < -0.3 is 14.7 Å². The summed E-state index contributed by atoms with van der Waals surface area (Å²) in [5, 5.41) is 11.2. The smallest absolute Gasteiger partial charge is 0.313 e. The second-order valence-electron chi connectivity index (χ2n) is 8.42. The molecule has 2 aliphatic rings. The molecule has 2 aromatic carbocycles. The lowest BCUT2D eigenvalue weighted by atomic mass is 9.91. The molecule has 2 aromatic rings. The van der Waals surface area contributed by atoms with E-state index in [1.807, 2.05) is 37.3 Å². The lowest BCUT2D eigenvalue weighted by molar-refractivity contribution is -0.153. The summed E-state index contributed by atoms with van der Waals surface area (Å²) >= 11 is 6.32. The minimum atomic E-state index is -0.447. The number of carbonyl (C=O) groups is 1. The van der Waals surface area contributed by atoms with Gasteiger partial charge >= 0.3 is 5.97 Å². The van der Waals surface area contributed by atoms with Crippen molar-refractivity contribution < 1.29 is 14.6 Å². The van der Waals surface area contributed by atoms with Crippen molar-refractivity contribution >= 4 is 17.6 Å². The zero-order valence-electron chi connectivity index (χ0n) is 17.0. The zero-order valence-corrected chi connectivity index (χ0v) is 17.7. The van der Waals surface area contributed by atoms with Crippen LogP contribution in [0, 0.1) is 0 Å². The number of aromatic hydroxyl groups is 1. The van der Waals surface area contributed by atoms with Crippen LogP contribution in [0.1, 0.15) is 55.2 Å². The van der Waals surface area contributed by atoms with Gasteiger partial charge in [0.1, 0.15) is 11.9 Å². The summed E-state index contributed by atoms with van der Waals surface area (Å²) in [5.74, 6) is -0.485. The molecule has 0 saturated carbocycles. The SMILES string of the molecule is CC(C(=O)OC1CC2CCC(C1)N2C)c1cccc(O)c1Cc1ccccc1Cl. The summed E-state index contributed by atoms with van der Waals surface area (Å²) in [6.07, 6.45) is 4.68. The topological polar surface area (TPSA) is 49.8 Å². The number of carbonyl (C=O) groups excluding carboxylic acids is 1. The second-order valence-corrected chi connectivity index (χ2v) is 8.82. The molecule has 1 N–H and O–H groups in total. The molecule has 3 atom stereocenters. The van der Waals surface area contributed by atoms with Gasteiger partial charge in [-0.1, -0.05) is 41.9 Å². The number of benzene rings is 2. The third-order valence-electron chi connectivity index (χ3n) is 6.67. The molecular weight excluding hydrogens is 386 g/mol. The third-order valence-corrected chi connectivity index (χ3v) is 7.04. The highest BCUT2D eigenvalue weighted by atomic mass is 35.5. The van der Waals surface area contributed by atoms with E-state index in [0.717, 1.165) is 29.5 Å². The van der Waals surface area contributed by atoms with Gasteiger partial charge in [-0.25, -0.2) is 0 Å². The van der Waals surface area contributed by atoms with E-state index in [1.165, 1.54) is 12.8 Å².